The van der Waals surface area contributed by atoms with Gasteiger partial charge < -0.3 is 16.2 Å². The molecule has 2 atom stereocenters. The number of aromatic amines is 1. The van der Waals surface area contributed by atoms with Crippen LogP contribution >= 0.6 is 11.3 Å². The molecule has 2 unspecified atom stereocenters. The van der Waals surface area contributed by atoms with Crippen LogP contribution in [0.4, 0.5) is 11.5 Å². The number of H-pyrrole nitrogens is 1. The van der Waals surface area contributed by atoms with Gasteiger partial charge in [0.25, 0.3) is 0 Å². The average molecular weight is 315 g/mol. The predicted molar refractivity (Wildman–Crippen MR) is 88.9 cm³/mol. The number of aromatic nitrogens is 3. The Morgan fingerprint density at radius 3 is 3.09 bits per heavy atom. The lowest BCUT2D eigenvalue weighted by molar-refractivity contribution is 0.171. The van der Waals surface area contributed by atoms with Crippen molar-refractivity contribution in [2.24, 2.45) is 0 Å². The summed E-state index contributed by atoms with van der Waals surface area (Å²) in [6, 6.07) is 5.79. The second-order valence-electron chi connectivity index (χ2n) is 5.65. The molecule has 1 aromatic carbocycles. The largest absolute Gasteiger partial charge is 0.399 e. The molecule has 1 aliphatic rings. The third-order valence-corrected chi connectivity index (χ3v) is 5.14. The van der Waals surface area contributed by atoms with Crippen LogP contribution in [0.25, 0.3) is 20.8 Å². The molecule has 0 bridgehead atoms. The Morgan fingerprint density at radius 1 is 1.36 bits per heavy atom. The van der Waals surface area contributed by atoms with Crippen molar-refractivity contribution in [2.45, 2.75) is 31.4 Å². The number of nitrogens with zero attached hydrogens (tertiary/aromatic N) is 2. The van der Waals surface area contributed by atoms with Crippen LogP contribution in [0.5, 0.6) is 0 Å². The van der Waals surface area contributed by atoms with E-state index in [9.17, 15) is 5.11 Å². The first-order valence-electron chi connectivity index (χ1n) is 7.35. The van der Waals surface area contributed by atoms with Crippen LogP contribution in [0.2, 0.25) is 0 Å². The lowest BCUT2D eigenvalue weighted by Gasteiger charge is -2.16. The minimum atomic E-state index is -0.300. The average Bonchev–Trinajstić information content (AvgIpc) is 3.19. The number of thiazole rings is 1. The van der Waals surface area contributed by atoms with E-state index in [1.54, 1.807) is 17.5 Å². The topological polar surface area (TPSA) is 99.9 Å². The van der Waals surface area contributed by atoms with Crippen LogP contribution in [0.3, 0.4) is 0 Å². The number of rotatable bonds is 3. The van der Waals surface area contributed by atoms with E-state index in [1.807, 2.05) is 18.2 Å². The number of anilines is 2. The van der Waals surface area contributed by atoms with Crippen molar-refractivity contribution in [3.63, 3.8) is 0 Å². The van der Waals surface area contributed by atoms with Crippen LogP contribution in [0, 0.1) is 0 Å². The Balaban J connectivity index is 1.68. The molecular weight excluding hydrogens is 298 g/mol. The second kappa shape index (κ2) is 5.26. The summed E-state index contributed by atoms with van der Waals surface area (Å²) in [5, 5.41) is 21.3. The maximum atomic E-state index is 9.97. The Labute approximate surface area is 131 Å². The molecule has 1 fully saturated rings. The number of nitrogens with two attached hydrogens (primary N) is 1. The monoisotopic (exact) mass is 315 g/mol. The van der Waals surface area contributed by atoms with E-state index in [4.69, 9.17) is 5.73 Å². The minimum absolute atomic E-state index is 0.0734. The van der Waals surface area contributed by atoms with Gasteiger partial charge in [-0.25, -0.2) is 4.98 Å². The Bertz CT molecular complexity index is 811. The summed E-state index contributed by atoms with van der Waals surface area (Å²) in [6.45, 7) is 0. The van der Waals surface area contributed by atoms with E-state index in [0.717, 1.165) is 51.6 Å². The molecule has 2 heterocycles. The molecule has 3 aromatic rings. The second-order valence-corrected chi connectivity index (χ2v) is 6.68. The number of hydrogen-bond acceptors (Lipinski definition) is 6. The van der Waals surface area contributed by atoms with Crippen molar-refractivity contribution in [3.05, 3.63) is 24.4 Å². The molecule has 7 heteroatoms. The van der Waals surface area contributed by atoms with Crippen LogP contribution in [0.15, 0.2) is 24.4 Å². The fourth-order valence-corrected chi connectivity index (χ4v) is 3.94. The molecule has 1 saturated carbocycles. The van der Waals surface area contributed by atoms with Gasteiger partial charge in [-0.05, 0) is 37.5 Å². The highest BCUT2D eigenvalue weighted by Gasteiger charge is 2.26. The summed E-state index contributed by atoms with van der Waals surface area (Å²) >= 11 is 1.59. The van der Waals surface area contributed by atoms with Gasteiger partial charge in [0.15, 0.2) is 0 Å². The predicted octanol–water partition coefficient (Wildman–Crippen LogP) is 2.59. The van der Waals surface area contributed by atoms with Crippen LogP contribution in [0.1, 0.15) is 19.3 Å². The van der Waals surface area contributed by atoms with Crippen LogP contribution < -0.4 is 11.1 Å². The third-order valence-electron chi connectivity index (χ3n) is 4.09. The number of nitrogens with one attached hydrogen (secondary N) is 2. The molecule has 22 heavy (non-hydrogen) atoms. The van der Waals surface area contributed by atoms with Gasteiger partial charge in [-0.2, -0.15) is 5.10 Å². The summed E-state index contributed by atoms with van der Waals surface area (Å²) in [5.74, 6) is 0.818. The Hall–Kier alpha value is -2.12. The summed E-state index contributed by atoms with van der Waals surface area (Å²) in [6.07, 6.45) is 4.33. The highest BCUT2D eigenvalue weighted by atomic mass is 32.1. The fraction of sp³-hybridized carbons (Fsp3) is 0.333. The van der Waals surface area contributed by atoms with E-state index in [2.05, 4.69) is 20.5 Å². The maximum Gasteiger partial charge on any atom is 0.132 e. The van der Waals surface area contributed by atoms with E-state index in [-0.39, 0.29) is 12.1 Å². The maximum absolute atomic E-state index is 9.97. The van der Waals surface area contributed by atoms with Gasteiger partial charge >= 0.3 is 0 Å². The van der Waals surface area contributed by atoms with E-state index in [1.165, 1.54) is 0 Å². The normalized spacial score (nSPS) is 21.5. The lowest BCUT2D eigenvalue weighted by atomic mass is 10.2. The van der Waals surface area contributed by atoms with E-state index in [0.29, 0.717) is 0 Å². The number of aliphatic hydroxyl groups is 1. The van der Waals surface area contributed by atoms with Gasteiger partial charge in [-0.15, -0.1) is 11.3 Å². The van der Waals surface area contributed by atoms with E-state index < -0.39 is 0 Å². The molecule has 0 aliphatic heterocycles. The van der Waals surface area contributed by atoms with Crippen molar-refractivity contribution in [2.75, 3.05) is 11.1 Å². The van der Waals surface area contributed by atoms with Gasteiger partial charge in [0.2, 0.25) is 0 Å². The van der Waals surface area contributed by atoms with Crippen molar-refractivity contribution in [1.82, 2.24) is 15.2 Å². The van der Waals surface area contributed by atoms with Gasteiger partial charge in [0.1, 0.15) is 10.8 Å². The van der Waals surface area contributed by atoms with Gasteiger partial charge in [0, 0.05) is 5.69 Å². The van der Waals surface area contributed by atoms with Gasteiger partial charge in [-0.1, -0.05) is 0 Å². The highest BCUT2D eigenvalue weighted by Crippen LogP contribution is 2.35. The first-order valence-corrected chi connectivity index (χ1v) is 8.17. The lowest BCUT2D eigenvalue weighted by Crippen LogP contribution is -2.28. The zero-order chi connectivity index (χ0) is 15.1. The molecule has 0 spiro atoms. The first kappa shape index (κ1) is 13.5. The number of aliphatic hydroxyl groups excluding tert-OH is 1. The molecule has 114 valence electrons. The number of nitrogen functional groups attached to an aromatic ring is 1. The summed E-state index contributed by atoms with van der Waals surface area (Å²) in [5.41, 5.74) is 8.43. The number of fused-ring (bicyclic) bond motifs is 1. The molecule has 0 amide bonds. The SMILES string of the molecule is Nc1ccc2nc(-c3cn[nH]c3NC3CCCC3O)sc2c1. The van der Waals surface area contributed by atoms with Crippen molar-refractivity contribution >= 4 is 33.1 Å². The van der Waals surface area contributed by atoms with Crippen LogP contribution in [-0.4, -0.2) is 32.4 Å². The molecule has 0 saturated heterocycles. The summed E-state index contributed by atoms with van der Waals surface area (Å²) < 4.78 is 1.06. The smallest absolute Gasteiger partial charge is 0.132 e. The fourth-order valence-electron chi connectivity index (χ4n) is 2.91. The zero-order valence-corrected chi connectivity index (χ0v) is 12.7. The summed E-state index contributed by atoms with van der Waals surface area (Å²) in [7, 11) is 0. The highest BCUT2D eigenvalue weighted by molar-refractivity contribution is 7.21. The van der Waals surface area contributed by atoms with Crippen molar-refractivity contribution in [1.29, 1.82) is 0 Å². The van der Waals surface area contributed by atoms with Crippen molar-refractivity contribution < 1.29 is 5.11 Å². The first-order chi connectivity index (χ1) is 10.7. The Kier molecular flexibility index (Phi) is 3.24. The number of hydrogen-bond donors (Lipinski definition) is 4. The summed E-state index contributed by atoms with van der Waals surface area (Å²) in [4.78, 5) is 4.65. The molecule has 1 aliphatic carbocycles. The molecule has 6 nitrogen and oxygen atoms in total. The molecular formula is C15H17N5OS. The Morgan fingerprint density at radius 2 is 2.27 bits per heavy atom. The molecule has 0 radical (unpaired) electrons. The standard InChI is InChI=1S/C15H17N5OS/c16-8-4-5-11-13(6-8)22-15(19-11)9-7-17-20-14(9)18-10-2-1-3-12(10)21/h4-7,10,12,21H,1-3,16H2,(H2,17,18,20). The van der Waals surface area contributed by atoms with Crippen molar-refractivity contribution in [3.8, 4) is 10.6 Å². The minimum Gasteiger partial charge on any atom is -0.399 e. The third kappa shape index (κ3) is 2.32. The quantitative estimate of drug-likeness (QED) is 0.557. The van der Waals surface area contributed by atoms with Gasteiger partial charge in [0.05, 0.1) is 34.1 Å². The van der Waals surface area contributed by atoms with Crippen LogP contribution in [-0.2, 0) is 0 Å². The zero-order valence-electron chi connectivity index (χ0n) is 11.9. The van der Waals surface area contributed by atoms with E-state index >= 15 is 0 Å². The molecule has 4 rings (SSSR count). The molecule has 5 N–H and O–H groups in total. The molecule has 2 aromatic heterocycles. The number of benzene rings is 1. The van der Waals surface area contributed by atoms with Gasteiger partial charge in [-0.3, -0.25) is 5.10 Å².